The van der Waals surface area contributed by atoms with E-state index in [2.05, 4.69) is 27.3 Å². The average Bonchev–Trinajstić information content (AvgIpc) is 1.81. The van der Waals surface area contributed by atoms with E-state index >= 15 is 0 Å². The van der Waals surface area contributed by atoms with Crippen molar-refractivity contribution in [1.29, 1.82) is 0 Å². The lowest BCUT2D eigenvalue weighted by Crippen LogP contribution is -2.23. The van der Waals surface area contributed by atoms with Crippen molar-refractivity contribution < 1.29 is 0 Å². The fourth-order valence-electron chi connectivity index (χ4n) is 1.50. The summed E-state index contributed by atoms with van der Waals surface area (Å²) >= 11 is 6.45. The van der Waals surface area contributed by atoms with Crippen LogP contribution in [0.3, 0.4) is 0 Å². The van der Waals surface area contributed by atoms with E-state index in [0.29, 0.717) is 0 Å². The van der Waals surface area contributed by atoms with Gasteiger partial charge in [0.25, 0.3) is 0 Å². The maximum absolute atomic E-state index is 6.45. The minimum absolute atomic E-state index is 0.779. The number of hydrogen-bond acceptors (Lipinski definition) is 0. The van der Waals surface area contributed by atoms with Gasteiger partial charge in [-0.15, -0.1) is 0 Å². The second-order valence-corrected chi connectivity index (χ2v) is 10.6. The zero-order valence-corrected chi connectivity index (χ0v) is 10.0. The summed E-state index contributed by atoms with van der Waals surface area (Å²) in [5.41, 5.74) is 0. The molecule has 0 bridgehead atoms. The van der Waals surface area contributed by atoms with Crippen molar-refractivity contribution in [2.45, 2.75) is 52.2 Å². The first-order valence-corrected chi connectivity index (χ1v) is 8.59. The van der Waals surface area contributed by atoms with Crippen LogP contribution in [-0.4, -0.2) is 7.38 Å². The van der Waals surface area contributed by atoms with Crippen molar-refractivity contribution in [3.05, 3.63) is 0 Å². The van der Waals surface area contributed by atoms with Gasteiger partial charge in [0.1, 0.15) is 0 Å². The molecule has 0 amide bonds. The third-order valence-electron chi connectivity index (χ3n) is 1.89. The monoisotopic (exact) mass is 192 g/mol. The quantitative estimate of drug-likeness (QED) is 0.451. The fourth-order valence-corrected chi connectivity index (χ4v) is 5.82. The molecule has 0 saturated heterocycles. The van der Waals surface area contributed by atoms with E-state index < -0.39 is 7.38 Å². The van der Waals surface area contributed by atoms with E-state index in [9.17, 15) is 0 Å². The smallest absolute Gasteiger partial charge is 0.153 e. The van der Waals surface area contributed by atoms with E-state index in [4.69, 9.17) is 11.1 Å². The number of unbranched alkanes of at least 4 members (excludes halogenated alkanes) is 1. The normalized spacial score (nSPS) is 16.9. The Bertz CT molecular complexity index is 99.7. The van der Waals surface area contributed by atoms with Gasteiger partial charge >= 0.3 is 0 Å². The van der Waals surface area contributed by atoms with Gasteiger partial charge in [0.15, 0.2) is 7.38 Å². The predicted molar refractivity (Wildman–Crippen MR) is 56.8 cm³/mol. The fraction of sp³-hybridized carbons (Fsp3) is 1.00. The minimum Gasteiger partial charge on any atom is -0.167 e. The molecule has 0 nitrogen and oxygen atoms in total. The summed E-state index contributed by atoms with van der Waals surface area (Å²) in [6.07, 6.45) is 2.60. The lowest BCUT2D eigenvalue weighted by molar-refractivity contribution is 0.717. The third kappa shape index (κ3) is 6.89. The summed E-state index contributed by atoms with van der Waals surface area (Å²) in [5.74, 6) is 0.779. The molecule has 0 fully saturated rings. The SMILES string of the molecule is CCCC[Si](C)(Cl)CC(C)C. The molecule has 1 unspecified atom stereocenters. The lowest BCUT2D eigenvalue weighted by Gasteiger charge is -2.20. The van der Waals surface area contributed by atoms with Crippen LogP contribution in [0.15, 0.2) is 0 Å². The average molecular weight is 193 g/mol. The Labute approximate surface area is 77.0 Å². The lowest BCUT2D eigenvalue weighted by atomic mass is 10.3. The van der Waals surface area contributed by atoms with Crippen molar-refractivity contribution in [2.24, 2.45) is 5.92 Å². The van der Waals surface area contributed by atoms with Crippen LogP contribution in [0.25, 0.3) is 0 Å². The molecule has 0 aliphatic carbocycles. The Morgan fingerprint density at radius 3 is 2.27 bits per heavy atom. The van der Waals surface area contributed by atoms with Crippen LogP contribution in [0.4, 0.5) is 0 Å². The van der Waals surface area contributed by atoms with Crippen LogP contribution in [0.2, 0.25) is 18.6 Å². The Kier molecular flexibility index (Phi) is 5.45. The van der Waals surface area contributed by atoms with Gasteiger partial charge in [-0.2, -0.15) is 11.1 Å². The van der Waals surface area contributed by atoms with E-state index in [-0.39, 0.29) is 0 Å². The van der Waals surface area contributed by atoms with Crippen LogP contribution in [0, 0.1) is 5.92 Å². The molecule has 0 heterocycles. The highest BCUT2D eigenvalue weighted by Gasteiger charge is 2.24. The molecule has 0 aromatic heterocycles. The van der Waals surface area contributed by atoms with Crippen LogP contribution >= 0.6 is 11.1 Å². The second-order valence-electron chi connectivity index (χ2n) is 4.11. The first-order valence-electron chi connectivity index (χ1n) is 4.67. The van der Waals surface area contributed by atoms with Gasteiger partial charge in [-0.05, 0) is 18.0 Å². The molecular formula is C9H21ClSi. The number of halogens is 1. The standard InChI is InChI=1S/C9H21ClSi/c1-5-6-7-11(4,10)8-9(2)3/h9H,5-8H2,1-4H3. The highest BCUT2D eigenvalue weighted by atomic mass is 35.6. The van der Waals surface area contributed by atoms with Crippen LogP contribution < -0.4 is 0 Å². The molecule has 0 spiro atoms. The molecule has 0 aromatic carbocycles. The first-order chi connectivity index (χ1) is 4.98. The molecule has 0 aliphatic heterocycles. The first kappa shape index (κ1) is 11.5. The van der Waals surface area contributed by atoms with Crippen molar-refractivity contribution >= 4 is 18.5 Å². The van der Waals surface area contributed by atoms with E-state index in [1.54, 1.807) is 0 Å². The molecule has 0 radical (unpaired) electrons. The van der Waals surface area contributed by atoms with Crippen LogP contribution in [-0.2, 0) is 0 Å². The Morgan fingerprint density at radius 2 is 1.91 bits per heavy atom. The summed E-state index contributed by atoms with van der Waals surface area (Å²) in [7, 11) is -1.32. The number of rotatable bonds is 5. The van der Waals surface area contributed by atoms with Gasteiger partial charge in [0.05, 0.1) is 0 Å². The molecule has 0 rings (SSSR count). The van der Waals surface area contributed by atoms with Crippen molar-refractivity contribution in [3.8, 4) is 0 Å². The van der Waals surface area contributed by atoms with Crippen LogP contribution in [0.1, 0.15) is 33.6 Å². The van der Waals surface area contributed by atoms with Gasteiger partial charge < -0.3 is 0 Å². The molecule has 0 aromatic rings. The Balaban J connectivity index is 3.61. The van der Waals surface area contributed by atoms with E-state index in [1.807, 2.05) is 0 Å². The molecule has 68 valence electrons. The van der Waals surface area contributed by atoms with Crippen molar-refractivity contribution in [2.75, 3.05) is 0 Å². The minimum atomic E-state index is -1.32. The maximum Gasteiger partial charge on any atom is 0.153 e. The zero-order chi connectivity index (χ0) is 8.91. The molecule has 2 heteroatoms. The van der Waals surface area contributed by atoms with Gasteiger partial charge in [0, 0.05) is 0 Å². The van der Waals surface area contributed by atoms with Gasteiger partial charge in [-0.3, -0.25) is 0 Å². The van der Waals surface area contributed by atoms with Crippen molar-refractivity contribution in [3.63, 3.8) is 0 Å². The maximum atomic E-state index is 6.45. The highest BCUT2D eigenvalue weighted by molar-refractivity contribution is 7.19. The van der Waals surface area contributed by atoms with Gasteiger partial charge in [0.2, 0.25) is 0 Å². The number of hydrogen-bond donors (Lipinski definition) is 0. The summed E-state index contributed by atoms with van der Waals surface area (Å²) in [4.78, 5) is 0. The van der Waals surface area contributed by atoms with E-state index in [1.165, 1.54) is 24.9 Å². The van der Waals surface area contributed by atoms with Crippen molar-refractivity contribution in [1.82, 2.24) is 0 Å². The predicted octanol–water partition coefficient (Wildman–Crippen LogP) is 4.26. The summed E-state index contributed by atoms with van der Waals surface area (Å²) < 4.78 is 0. The van der Waals surface area contributed by atoms with E-state index in [0.717, 1.165) is 5.92 Å². The van der Waals surface area contributed by atoms with Crippen LogP contribution in [0.5, 0.6) is 0 Å². The largest absolute Gasteiger partial charge is 0.167 e. The van der Waals surface area contributed by atoms with Gasteiger partial charge in [-0.25, -0.2) is 0 Å². The summed E-state index contributed by atoms with van der Waals surface area (Å²) in [6, 6.07) is 2.57. The highest BCUT2D eigenvalue weighted by Crippen LogP contribution is 2.26. The molecule has 0 saturated carbocycles. The molecule has 1 atom stereocenters. The second kappa shape index (κ2) is 5.21. The zero-order valence-electron chi connectivity index (χ0n) is 8.28. The molecular weight excluding hydrogens is 172 g/mol. The van der Waals surface area contributed by atoms with Gasteiger partial charge in [-0.1, -0.05) is 40.2 Å². The molecule has 11 heavy (non-hydrogen) atoms. The molecule has 0 N–H and O–H groups in total. The summed E-state index contributed by atoms with van der Waals surface area (Å²) in [5, 5.41) is 0. The topological polar surface area (TPSA) is 0 Å². The summed E-state index contributed by atoms with van der Waals surface area (Å²) in [6.45, 7) is 9.06. The molecule has 0 aliphatic rings. The third-order valence-corrected chi connectivity index (χ3v) is 5.98. The Hall–Kier alpha value is 0.507. The Morgan fingerprint density at radius 1 is 1.36 bits per heavy atom.